The van der Waals surface area contributed by atoms with E-state index in [1.807, 2.05) is 30.3 Å². The van der Waals surface area contributed by atoms with E-state index in [-0.39, 0.29) is 0 Å². The molecule has 0 aliphatic rings. The Hall–Kier alpha value is -3.74. The van der Waals surface area contributed by atoms with Crippen LogP contribution < -0.4 is 10.1 Å². The normalized spacial score (nSPS) is 10.6. The number of nitrogens with one attached hydrogen (secondary N) is 1. The summed E-state index contributed by atoms with van der Waals surface area (Å²) in [5, 5.41) is 15.6. The predicted octanol–water partition coefficient (Wildman–Crippen LogP) is 4.12. The topological polar surface area (TPSA) is 86.0 Å². The molecule has 28 heavy (non-hydrogen) atoms. The first-order valence-corrected chi connectivity index (χ1v) is 8.83. The Labute approximate surface area is 162 Å². The van der Waals surface area contributed by atoms with Gasteiger partial charge in [0, 0.05) is 12.1 Å². The van der Waals surface area contributed by atoms with E-state index >= 15 is 0 Å². The SMILES string of the molecule is COc1ccc(-c2noc(-c3ccc(NCc4ccc(C)cc4)nn3)n2)cc1. The fourth-order valence-corrected chi connectivity index (χ4v) is 2.62. The zero-order valence-electron chi connectivity index (χ0n) is 15.6. The molecule has 0 amide bonds. The van der Waals surface area contributed by atoms with E-state index < -0.39 is 0 Å². The minimum Gasteiger partial charge on any atom is -0.497 e. The maximum atomic E-state index is 5.33. The smallest absolute Gasteiger partial charge is 0.278 e. The first-order valence-electron chi connectivity index (χ1n) is 8.83. The molecule has 0 atom stereocenters. The quantitative estimate of drug-likeness (QED) is 0.544. The average molecular weight is 373 g/mol. The highest BCUT2D eigenvalue weighted by atomic mass is 16.5. The van der Waals surface area contributed by atoms with Gasteiger partial charge in [-0.1, -0.05) is 35.0 Å². The van der Waals surface area contributed by atoms with Crippen LogP contribution in [0.3, 0.4) is 0 Å². The van der Waals surface area contributed by atoms with Crippen LogP contribution >= 0.6 is 0 Å². The lowest BCUT2D eigenvalue weighted by Crippen LogP contribution is -2.02. The molecule has 1 N–H and O–H groups in total. The Kier molecular flexibility index (Phi) is 4.97. The van der Waals surface area contributed by atoms with E-state index in [0.717, 1.165) is 11.3 Å². The van der Waals surface area contributed by atoms with Crippen molar-refractivity contribution < 1.29 is 9.26 Å². The Morgan fingerprint density at radius 2 is 1.71 bits per heavy atom. The molecule has 2 aromatic carbocycles. The molecule has 4 aromatic rings. The summed E-state index contributed by atoms with van der Waals surface area (Å²) < 4.78 is 10.5. The molecular formula is C21H19N5O2. The van der Waals surface area contributed by atoms with Crippen molar-refractivity contribution in [3.63, 3.8) is 0 Å². The average Bonchev–Trinajstić information content (AvgIpc) is 3.24. The Morgan fingerprint density at radius 1 is 0.929 bits per heavy atom. The van der Waals surface area contributed by atoms with Gasteiger partial charge in [-0.3, -0.25) is 0 Å². The van der Waals surface area contributed by atoms with Crippen LogP contribution in [0.25, 0.3) is 23.0 Å². The van der Waals surface area contributed by atoms with Crippen LogP contribution in [0.1, 0.15) is 11.1 Å². The van der Waals surface area contributed by atoms with Crippen LogP contribution in [-0.2, 0) is 6.54 Å². The second-order valence-electron chi connectivity index (χ2n) is 6.29. The zero-order valence-corrected chi connectivity index (χ0v) is 15.6. The van der Waals surface area contributed by atoms with Crippen molar-refractivity contribution in [3.8, 4) is 28.7 Å². The van der Waals surface area contributed by atoms with Crippen molar-refractivity contribution in [3.05, 3.63) is 71.8 Å². The second kappa shape index (κ2) is 7.87. The monoisotopic (exact) mass is 373 g/mol. The Morgan fingerprint density at radius 3 is 2.39 bits per heavy atom. The molecule has 7 heteroatoms. The summed E-state index contributed by atoms with van der Waals surface area (Å²) in [5.41, 5.74) is 3.77. The van der Waals surface area contributed by atoms with Gasteiger partial charge in [-0.25, -0.2) is 0 Å². The summed E-state index contributed by atoms with van der Waals surface area (Å²) in [7, 11) is 1.62. The van der Waals surface area contributed by atoms with Crippen molar-refractivity contribution in [2.24, 2.45) is 0 Å². The summed E-state index contributed by atoms with van der Waals surface area (Å²) in [6.45, 7) is 2.75. The van der Waals surface area contributed by atoms with Gasteiger partial charge in [0.15, 0.2) is 5.69 Å². The van der Waals surface area contributed by atoms with Crippen molar-refractivity contribution in [2.45, 2.75) is 13.5 Å². The molecule has 0 radical (unpaired) electrons. The summed E-state index contributed by atoms with van der Waals surface area (Å²) in [4.78, 5) is 4.40. The van der Waals surface area contributed by atoms with E-state index in [1.165, 1.54) is 11.1 Å². The molecule has 0 spiro atoms. The fourth-order valence-electron chi connectivity index (χ4n) is 2.62. The van der Waals surface area contributed by atoms with E-state index in [9.17, 15) is 0 Å². The lowest BCUT2D eigenvalue weighted by molar-refractivity contribution is 0.414. The number of benzene rings is 2. The molecule has 0 bridgehead atoms. The van der Waals surface area contributed by atoms with E-state index in [2.05, 4.69) is 56.8 Å². The highest BCUT2D eigenvalue weighted by Gasteiger charge is 2.12. The first-order chi connectivity index (χ1) is 13.7. The molecule has 0 unspecified atom stereocenters. The van der Waals surface area contributed by atoms with Gasteiger partial charge in [0.25, 0.3) is 5.89 Å². The summed E-state index contributed by atoms with van der Waals surface area (Å²) in [6, 6.07) is 19.4. The van der Waals surface area contributed by atoms with Gasteiger partial charge in [0.05, 0.1) is 7.11 Å². The third-order valence-electron chi connectivity index (χ3n) is 4.25. The van der Waals surface area contributed by atoms with Crippen molar-refractivity contribution in [2.75, 3.05) is 12.4 Å². The van der Waals surface area contributed by atoms with E-state index in [4.69, 9.17) is 9.26 Å². The Balaban J connectivity index is 1.43. The molecule has 140 valence electrons. The molecular weight excluding hydrogens is 354 g/mol. The van der Waals surface area contributed by atoms with Gasteiger partial charge in [0.2, 0.25) is 5.82 Å². The predicted molar refractivity (Wildman–Crippen MR) is 106 cm³/mol. The summed E-state index contributed by atoms with van der Waals surface area (Å²) >= 11 is 0. The highest BCUT2D eigenvalue weighted by Crippen LogP contribution is 2.23. The van der Waals surface area contributed by atoms with Gasteiger partial charge in [-0.05, 0) is 48.9 Å². The van der Waals surface area contributed by atoms with Crippen LogP contribution in [0.4, 0.5) is 5.82 Å². The number of aryl methyl sites for hydroxylation is 1. The van der Waals surface area contributed by atoms with Gasteiger partial charge < -0.3 is 14.6 Å². The molecule has 0 aliphatic heterocycles. The minimum absolute atomic E-state index is 0.323. The first kappa shape index (κ1) is 17.7. The number of nitrogens with zero attached hydrogens (tertiary/aromatic N) is 4. The molecule has 0 aliphatic carbocycles. The van der Waals surface area contributed by atoms with Crippen LogP contribution in [0.5, 0.6) is 5.75 Å². The van der Waals surface area contributed by atoms with Crippen molar-refractivity contribution >= 4 is 5.82 Å². The minimum atomic E-state index is 0.323. The molecule has 0 fully saturated rings. The highest BCUT2D eigenvalue weighted by molar-refractivity contribution is 5.59. The molecule has 2 aromatic heterocycles. The molecule has 4 rings (SSSR count). The van der Waals surface area contributed by atoms with E-state index in [0.29, 0.717) is 29.8 Å². The zero-order chi connectivity index (χ0) is 19.3. The summed E-state index contributed by atoms with van der Waals surface area (Å²) in [6.07, 6.45) is 0. The number of aromatic nitrogens is 4. The van der Waals surface area contributed by atoms with Crippen LogP contribution in [-0.4, -0.2) is 27.4 Å². The summed E-state index contributed by atoms with van der Waals surface area (Å²) in [5.74, 6) is 2.26. The van der Waals surface area contributed by atoms with Crippen LogP contribution in [0.15, 0.2) is 65.2 Å². The molecule has 0 saturated carbocycles. The standard InChI is InChI=1S/C21H19N5O2/c1-14-3-5-15(6-4-14)13-22-19-12-11-18(24-25-19)21-23-20(26-28-21)16-7-9-17(27-2)10-8-16/h3-12H,13H2,1-2H3,(H,22,25). The van der Waals surface area contributed by atoms with Gasteiger partial charge in [-0.2, -0.15) is 4.98 Å². The van der Waals surface area contributed by atoms with E-state index in [1.54, 1.807) is 13.2 Å². The van der Waals surface area contributed by atoms with Gasteiger partial charge >= 0.3 is 0 Å². The largest absolute Gasteiger partial charge is 0.497 e. The second-order valence-corrected chi connectivity index (χ2v) is 6.29. The van der Waals surface area contributed by atoms with Gasteiger partial charge in [-0.15, -0.1) is 10.2 Å². The molecule has 2 heterocycles. The van der Waals surface area contributed by atoms with Gasteiger partial charge in [0.1, 0.15) is 11.6 Å². The lowest BCUT2D eigenvalue weighted by atomic mass is 10.1. The number of hydrogen-bond donors (Lipinski definition) is 1. The maximum absolute atomic E-state index is 5.33. The fraction of sp³-hybridized carbons (Fsp3) is 0.143. The van der Waals surface area contributed by atoms with Crippen molar-refractivity contribution in [1.29, 1.82) is 0 Å². The number of methoxy groups -OCH3 is 1. The molecule has 0 saturated heterocycles. The number of hydrogen-bond acceptors (Lipinski definition) is 7. The van der Waals surface area contributed by atoms with Crippen molar-refractivity contribution in [1.82, 2.24) is 20.3 Å². The third-order valence-corrected chi connectivity index (χ3v) is 4.25. The lowest BCUT2D eigenvalue weighted by Gasteiger charge is -2.05. The number of ether oxygens (including phenoxy) is 1. The van der Waals surface area contributed by atoms with Crippen LogP contribution in [0.2, 0.25) is 0 Å². The maximum Gasteiger partial charge on any atom is 0.278 e. The number of rotatable bonds is 6. The molecule has 7 nitrogen and oxygen atoms in total. The van der Waals surface area contributed by atoms with Crippen LogP contribution in [0, 0.1) is 6.92 Å². The number of anilines is 1. The Bertz CT molecular complexity index is 1040. The third kappa shape index (κ3) is 3.98.